The molecule has 1 aromatic heterocycles. The molecule has 3 aromatic rings. The van der Waals surface area contributed by atoms with Crippen LogP contribution in [0.25, 0.3) is 11.1 Å². The third kappa shape index (κ3) is 5.52. The van der Waals surface area contributed by atoms with Gasteiger partial charge in [0, 0.05) is 10.9 Å². The van der Waals surface area contributed by atoms with E-state index in [2.05, 4.69) is 4.98 Å². The molecule has 6 heteroatoms. The first kappa shape index (κ1) is 19.3. The van der Waals surface area contributed by atoms with Crippen molar-refractivity contribution in [1.82, 2.24) is 4.98 Å². The SMILES string of the molecule is CCOC(=O)Cc1csc(SCC(=O)c2ccc(-c3ccccc3)cc2)n1. The highest BCUT2D eigenvalue weighted by molar-refractivity contribution is 8.01. The van der Waals surface area contributed by atoms with E-state index in [0.29, 0.717) is 23.6 Å². The van der Waals surface area contributed by atoms with Crippen LogP contribution in [0.3, 0.4) is 0 Å². The Morgan fingerprint density at radius 3 is 2.44 bits per heavy atom. The monoisotopic (exact) mass is 397 g/mol. The summed E-state index contributed by atoms with van der Waals surface area (Å²) < 4.78 is 5.70. The van der Waals surface area contributed by atoms with E-state index >= 15 is 0 Å². The molecule has 0 amide bonds. The highest BCUT2D eigenvalue weighted by Crippen LogP contribution is 2.25. The van der Waals surface area contributed by atoms with Gasteiger partial charge in [-0.05, 0) is 18.1 Å². The average Bonchev–Trinajstić information content (AvgIpc) is 3.14. The zero-order valence-electron chi connectivity index (χ0n) is 14.9. The topological polar surface area (TPSA) is 56.3 Å². The molecule has 2 aromatic carbocycles. The summed E-state index contributed by atoms with van der Waals surface area (Å²) in [4.78, 5) is 28.3. The Kier molecular flexibility index (Phi) is 6.79. The van der Waals surface area contributed by atoms with Crippen molar-refractivity contribution >= 4 is 34.9 Å². The third-order valence-corrected chi connectivity index (χ3v) is 5.87. The van der Waals surface area contributed by atoms with E-state index in [9.17, 15) is 9.59 Å². The van der Waals surface area contributed by atoms with Gasteiger partial charge in [0.2, 0.25) is 0 Å². The number of ketones is 1. The minimum absolute atomic E-state index is 0.0572. The molecule has 0 fully saturated rings. The molecular formula is C21H19NO3S2. The highest BCUT2D eigenvalue weighted by atomic mass is 32.2. The van der Waals surface area contributed by atoms with Crippen LogP contribution in [0.5, 0.6) is 0 Å². The number of carbonyl (C=O) groups excluding carboxylic acids is 2. The molecule has 0 saturated heterocycles. The first-order chi connectivity index (χ1) is 13.2. The second-order valence-corrected chi connectivity index (χ2v) is 7.82. The smallest absolute Gasteiger partial charge is 0.311 e. The van der Waals surface area contributed by atoms with Gasteiger partial charge < -0.3 is 4.74 Å². The summed E-state index contributed by atoms with van der Waals surface area (Å²) >= 11 is 2.83. The van der Waals surface area contributed by atoms with Crippen LogP contribution in [0.2, 0.25) is 0 Å². The molecule has 0 saturated carbocycles. The number of Topliss-reactive ketones (excluding diaryl/α,β-unsaturated/α-hetero) is 1. The van der Waals surface area contributed by atoms with Crippen LogP contribution in [0.1, 0.15) is 23.0 Å². The quantitative estimate of drug-likeness (QED) is 0.308. The Morgan fingerprint density at radius 1 is 1.04 bits per heavy atom. The Labute approximate surface area is 166 Å². The number of ether oxygens (including phenoxy) is 1. The number of nitrogens with zero attached hydrogens (tertiary/aromatic N) is 1. The number of hydrogen-bond acceptors (Lipinski definition) is 6. The second-order valence-electron chi connectivity index (χ2n) is 5.74. The molecule has 0 aliphatic rings. The lowest BCUT2D eigenvalue weighted by Crippen LogP contribution is -2.07. The molecule has 0 radical (unpaired) electrons. The predicted octanol–water partition coefficient (Wildman–Crippen LogP) is 4.89. The minimum Gasteiger partial charge on any atom is -0.466 e. The fourth-order valence-electron chi connectivity index (χ4n) is 2.49. The van der Waals surface area contributed by atoms with Gasteiger partial charge in [-0.25, -0.2) is 4.98 Å². The molecule has 3 rings (SSSR count). The second kappa shape index (κ2) is 9.48. The zero-order chi connectivity index (χ0) is 19.1. The van der Waals surface area contributed by atoms with E-state index in [-0.39, 0.29) is 18.2 Å². The molecule has 0 unspecified atom stereocenters. The molecule has 0 spiro atoms. The fraction of sp³-hybridized carbons (Fsp3) is 0.190. The van der Waals surface area contributed by atoms with Crippen LogP contribution >= 0.6 is 23.1 Å². The Morgan fingerprint density at radius 2 is 1.74 bits per heavy atom. The number of rotatable bonds is 8. The van der Waals surface area contributed by atoms with Gasteiger partial charge in [-0.15, -0.1) is 11.3 Å². The third-order valence-electron chi connectivity index (χ3n) is 3.80. The van der Waals surface area contributed by atoms with Crippen molar-refractivity contribution < 1.29 is 14.3 Å². The van der Waals surface area contributed by atoms with Crippen molar-refractivity contribution in [1.29, 1.82) is 0 Å². The van der Waals surface area contributed by atoms with Gasteiger partial charge in [-0.1, -0.05) is 66.4 Å². The molecule has 138 valence electrons. The first-order valence-electron chi connectivity index (χ1n) is 8.57. The maximum Gasteiger partial charge on any atom is 0.311 e. The van der Waals surface area contributed by atoms with E-state index in [1.807, 2.05) is 60.0 Å². The number of hydrogen-bond donors (Lipinski definition) is 0. The molecule has 0 N–H and O–H groups in total. The van der Waals surface area contributed by atoms with Crippen LogP contribution < -0.4 is 0 Å². The number of aromatic nitrogens is 1. The molecule has 4 nitrogen and oxygen atoms in total. The predicted molar refractivity (Wildman–Crippen MR) is 109 cm³/mol. The summed E-state index contributed by atoms with van der Waals surface area (Å²) in [5, 5.41) is 1.83. The van der Waals surface area contributed by atoms with Gasteiger partial charge in [0.15, 0.2) is 10.1 Å². The Balaban J connectivity index is 1.55. The van der Waals surface area contributed by atoms with Crippen LogP contribution in [0.15, 0.2) is 64.3 Å². The molecule has 0 aliphatic heterocycles. The number of thiazole rings is 1. The van der Waals surface area contributed by atoms with Crippen molar-refractivity contribution in [3.05, 3.63) is 71.2 Å². The molecular weight excluding hydrogens is 378 g/mol. The van der Waals surface area contributed by atoms with Crippen LogP contribution in [0.4, 0.5) is 0 Å². The van der Waals surface area contributed by atoms with E-state index < -0.39 is 0 Å². The van der Waals surface area contributed by atoms with Crippen LogP contribution in [0, 0.1) is 0 Å². The van der Waals surface area contributed by atoms with Gasteiger partial charge in [0.25, 0.3) is 0 Å². The Bertz CT molecular complexity index is 905. The average molecular weight is 398 g/mol. The normalized spacial score (nSPS) is 10.6. The summed E-state index contributed by atoms with van der Waals surface area (Å²) in [7, 11) is 0. The molecule has 0 atom stereocenters. The van der Waals surface area contributed by atoms with Gasteiger partial charge in [-0.2, -0.15) is 0 Å². The summed E-state index contributed by atoms with van der Waals surface area (Å²) in [5.74, 6) is 0.0903. The van der Waals surface area contributed by atoms with Crippen LogP contribution in [-0.2, 0) is 16.0 Å². The van der Waals surface area contributed by atoms with Crippen LogP contribution in [-0.4, -0.2) is 29.1 Å². The standard InChI is InChI=1S/C21H19NO3S2/c1-2-25-20(24)12-18-13-26-21(22-18)27-14-19(23)17-10-8-16(9-11-17)15-6-4-3-5-7-15/h3-11,13H,2,12,14H2,1H3. The van der Waals surface area contributed by atoms with Crippen molar-refractivity contribution in [3.63, 3.8) is 0 Å². The largest absolute Gasteiger partial charge is 0.466 e. The lowest BCUT2D eigenvalue weighted by Gasteiger charge is -2.04. The van der Waals surface area contributed by atoms with Crippen molar-refractivity contribution in [2.75, 3.05) is 12.4 Å². The maximum absolute atomic E-state index is 12.4. The van der Waals surface area contributed by atoms with Crippen molar-refractivity contribution in [3.8, 4) is 11.1 Å². The lowest BCUT2D eigenvalue weighted by atomic mass is 10.0. The van der Waals surface area contributed by atoms with E-state index in [1.54, 1.807) is 6.92 Å². The van der Waals surface area contributed by atoms with Gasteiger partial charge in [0.1, 0.15) is 0 Å². The fourth-order valence-corrected chi connectivity index (χ4v) is 4.22. The lowest BCUT2D eigenvalue weighted by molar-refractivity contribution is -0.142. The first-order valence-corrected chi connectivity index (χ1v) is 10.4. The number of thioether (sulfide) groups is 1. The minimum atomic E-state index is -0.283. The molecule has 0 aliphatic carbocycles. The summed E-state index contributed by atoms with van der Waals surface area (Å²) in [6.07, 6.45) is 0.166. The zero-order valence-corrected chi connectivity index (χ0v) is 16.5. The number of benzene rings is 2. The summed E-state index contributed by atoms with van der Waals surface area (Å²) in [6.45, 7) is 2.14. The van der Waals surface area contributed by atoms with Crippen molar-refractivity contribution in [2.24, 2.45) is 0 Å². The van der Waals surface area contributed by atoms with Gasteiger partial charge in [0.05, 0.1) is 24.5 Å². The summed E-state index contributed by atoms with van der Waals surface area (Å²) in [6, 6.07) is 17.7. The van der Waals surface area contributed by atoms with Gasteiger partial charge in [-0.3, -0.25) is 9.59 Å². The van der Waals surface area contributed by atoms with E-state index in [0.717, 1.165) is 15.5 Å². The number of carbonyl (C=O) groups is 2. The summed E-state index contributed by atoms with van der Waals surface area (Å²) in [5.41, 5.74) is 3.58. The highest BCUT2D eigenvalue weighted by Gasteiger charge is 2.11. The molecule has 1 heterocycles. The maximum atomic E-state index is 12.4. The Hall–Kier alpha value is -2.44. The van der Waals surface area contributed by atoms with E-state index in [1.165, 1.54) is 23.1 Å². The number of esters is 1. The van der Waals surface area contributed by atoms with E-state index in [4.69, 9.17) is 4.74 Å². The molecule has 0 bridgehead atoms. The van der Waals surface area contributed by atoms with Gasteiger partial charge >= 0.3 is 5.97 Å². The molecule has 27 heavy (non-hydrogen) atoms. The van der Waals surface area contributed by atoms with Crippen molar-refractivity contribution in [2.45, 2.75) is 17.7 Å².